The molecule has 28 heavy (non-hydrogen) atoms. The zero-order valence-electron chi connectivity index (χ0n) is 14.5. The zero-order valence-corrected chi connectivity index (χ0v) is 15.3. The number of benzene rings is 2. The van der Waals surface area contributed by atoms with E-state index in [0.29, 0.717) is 10.6 Å². The molecule has 3 rings (SSSR count). The molecule has 1 heterocycles. The van der Waals surface area contributed by atoms with Crippen LogP contribution in [0.1, 0.15) is 27.2 Å². The Morgan fingerprint density at radius 2 is 1.93 bits per heavy atom. The standard InChI is InChI=1S/C20H14ClF3N2O2/c1-12-5-6-14(10-17(12)21)19(27)26-25-11-16-7-8-18(28-16)13-3-2-4-15(9-13)20(22,23)24/h2-11H,1H3,(H,26,27)/b25-11-. The Kier molecular flexibility index (Phi) is 5.56. The van der Waals surface area contributed by atoms with Gasteiger partial charge in [-0.25, -0.2) is 5.43 Å². The van der Waals surface area contributed by atoms with Gasteiger partial charge in [0, 0.05) is 16.1 Å². The van der Waals surface area contributed by atoms with Crippen LogP contribution in [0.25, 0.3) is 11.3 Å². The number of hydrogen-bond donors (Lipinski definition) is 1. The summed E-state index contributed by atoms with van der Waals surface area (Å²) in [5.74, 6) is 0.0710. The summed E-state index contributed by atoms with van der Waals surface area (Å²) in [6.45, 7) is 1.82. The third kappa shape index (κ3) is 4.61. The third-order valence-corrected chi connectivity index (χ3v) is 4.30. The molecule has 0 unspecified atom stereocenters. The number of carbonyl (C=O) groups is 1. The summed E-state index contributed by atoms with van der Waals surface area (Å²) >= 11 is 5.98. The van der Waals surface area contributed by atoms with Crippen LogP contribution in [-0.4, -0.2) is 12.1 Å². The molecule has 1 N–H and O–H groups in total. The van der Waals surface area contributed by atoms with Crippen LogP contribution in [0.15, 0.2) is 64.1 Å². The smallest absolute Gasteiger partial charge is 0.416 e. The first-order chi connectivity index (χ1) is 13.2. The highest BCUT2D eigenvalue weighted by molar-refractivity contribution is 6.31. The fourth-order valence-electron chi connectivity index (χ4n) is 2.38. The van der Waals surface area contributed by atoms with Crippen LogP contribution in [0.2, 0.25) is 5.02 Å². The highest BCUT2D eigenvalue weighted by atomic mass is 35.5. The quantitative estimate of drug-likeness (QED) is 0.447. The van der Waals surface area contributed by atoms with Crippen LogP contribution in [0.5, 0.6) is 0 Å². The van der Waals surface area contributed by atoms with Gasteiger partial charge in [-0.2, -0.15) is 18.3 Å². The summed E-state index contributed by atoms with van der Waals surface area (Å²) in [6.07, 6.45) is -3.18. The van der Waals surface area contributed by atoms with Crippen molar-refractivity contribution < 1.29 is 22.4 Å². The van der Waals surface area contributed by atoms with Crippen molar-refractivity contribution in [3.63, 3.8) is 0 Å². The molecule has 0 atom stereocenters. The number of nitrogens with one attached hydrogen (secondary N) is 1. The SMILES string of the molecule is Cc1ccc(C(=O)N/N=C\c2ccc(-c3cccc(C(F)(F)F)c3)o2)cc1Cl. The van der Waals surface area contributed by atoms with Gasteiger partial charge in [-0.15, -0.1) is 0 Å². The van der Waals surface area contributed by atoms with E-state index >= 15 is 0 Å². The molecule has 0 aliphatic heterocycles. The van der Waals surface area contributed by atoms with Gasteiger partial charge in [-0.1, -0.05) is 29.8 Å². The highest BCUT2D eigenvalue weighted by Gasteiger charge is 2.30. The molecule has 2 aromatic carbocycles. The molecule has 0 aliphatic rings. The molecule has 0 saturated carbocycles. The van der Waals surface area contributed by atoms with Crippen LogP contribution < -0.4 is 5.43 Å². The van der Waals surface area contributed by atoms with Gasteiger partial charge in [0.2, 0.25) is 0 Å². The number of carbonyl (C=O) groups excluding carboxylic acids is 1. The van der Waals surface area contributed by atoms with E-state index in [0.717, 1.165) is 17.7 Å². The second-order valence-electron chi connectivity index (χ2n) is 5.94. The first-order valence-electron chi connectivity index (χ1n) is 8.11. The van der Waals surface area contributed by atoms with Crippen LogP contribution >= 0.6 is 11.6 Å². The van der Waals surface area contributed by atoms with Gasteiger partial charge < -0.3 is 4.42 Å². The molecule has 3 aromatic rings. The van der Waals surface area contributed by atoms with Crippen molar-refractivity contribution in [2.45, 2.75) is 13.1 Å². The number of nitrogens with zero attached hydrogens (tertiary/aromatic N) is 1. The number of rotatable bonds is 4. The molecule has 0 bridgehead atoms. The Labute approximate surface area is 163 Å². The Balaban J connectivity index is 1.69. The van der Waals surface area contributed by atoms with E-state index in [4.69, 9.17) is 16.0 Å². The fourth-order valence-corrected chi connectivity index (χ4v) is 2.56. The van der Waals surface area contributed by atoms with E-state index in [1.807, 2.05) is 6.92 Å². The van der Waals surface area contributed by atoms with Crippen molar-refractivity contribution in [3.8, 4) is 11.3 Å². The molecule has 4 nitrogen and oxygen atoms in total. The summed E-state index contributed by atoms with van der Waals surface area (Å²) in [6, 6.07) is 12.7. The van der Waals surface area contributed by atoms with Gasteiger partial charge in [-0.05, 0) is 48.9 Å². The highest BCUT2D eigenvalue weighted by Crippen LogP contribution is 2.32. The third-order valence-electron chi connectivity index (χ3n) is 3.89. The maximum Gasteiger partial charge on any atom is 0.416 e. The van der Waals surface area contributed by atoms with E-state index in [2.05, 4.69) is 10.5 Å². The second kappa shape index (κ2) is 7.90. The number of alkyl halides is 3. The predicted molar refractivity (Wildman–Crippen MR) is 100 cm³/mol. The Bertz CT molecular complexity index is 1040. The molecular formula is C20H14ClF3N2O2. The average Bonchev–Trinajstić information content (AvgIpc) is 3.12. The second-order valence-corrected chi connectivity index (χ2v) is 6.35. The first kappa shape index (κ1) is 19.7. The molecule has 0 spiro atoms. The molecule has 1 aromatic heterocycles. The van der Waals surface area contributed by atoms with Crippen molar-refractivity contribution in [2.75, 3.05) is 0 Å². The maximum atomic E-state index is 12.8. The van der Waals surface area contributed by atoms with Gasteiger partial charge in [0.25, 0.3) is 5.91 Å². The summed E-state index contributed by atoms with van der Waals surface area (Å²) in [7, 11) is 0. The number of hydrazone groups is 1. The molecule has 0 radical (unpaired) electrons. The van der Waals surface area contributed by atoms with Gasteiger partial charge in [0.15, 0.2) is 0 Å². The topological polar surface area (TPSA) is 54.6 Å². The average molecular weight is 407 g/mol. The van der Waals surface area contributed by atoms with Crippen molar-refractivity contribution in [1.29, 1.82) is 0 Å². The van der Waals surface area contributed by atoms with Crippen LogP contribution in [0.4, 0.5) is 13.2 Å². The molecule has 0 saturated heterocycles. The minimum absolute atomic E-state index is 0.254. The number of amides is 1. The predicted octanol–water partition coefficient (Wildman–Crippen LogP) is 5.69. The lowest BCUT2D eigenvalue weighted by Gasteiger charge is -2.07. The van der Waals surface area contributed by atoms with Crippen LogP contribution in [-0.2, 0) is 6.18 Å². The first-order valence-corrected chi connectivity index (χ1v) is 8.49. The lowest BCUT2D eigenvalue weighted by molar-refractivity contribution is -0.137. The van der Waals surface area contributed by atoms with Crippen LogP contribution in [0.3, 0.4) is 0 Å². The van der Waals surface area contributed by atoms with Crippen molar-refractivity contribution in [3.05, 3.63) is 82.1 Å². The molecule has 144 valence electrons. The number of hydrogen-bond acceptors (Lipinski definition) is 3. The van der Waals surface area contributed by atoms with Gasteiger partial charge in [0.1, 0.15) is 11.5 Å². The van der Waals surface area contributed by atoms with E-state index in [1.165, 1.54) is 36.5 Å². The molecular weight excluding hydrogens is 393 g/mol. The monoisotopic (exact) mass is 406 g/mol. The fraction of sp³-hybridized carbons (Fsp3) is 0.100. The Morgan fingerprint density at radius 1 is 1.14 bits per heavy atom. The van der Waals surface area contributed by atoms with Gasteiger partial charge in [0.05, 0.1) is 11.8 Å². The lowest BCUT2D eigenvalue weighted by Crippen LogP contribution is -2.17. The van der Waals surface area contributed by atoms with E-state index in [-0.39, 0.29) is 17.1 Å². The molecule has 0 fully saturated rings. The van der Waals surface area contributed by atoms with Crippen molar-refractivity contribution >= 4 is 23.7 Å². The minimum atomic E-state index is -4.43. The largest absolute Gasteiger partial charge is 0.455 e. The summed E-state index contributed by atoms with van der Waals surface area (Å²) in [5, 5.41) is 4.26. The summed E-state index contributed by atoms with van der Waals surface area (Å²) in [4.78, 5) is 12.0. The van der Waals surface area contributed by atoms with E-state index in [1.54, 1.807) is 12.1 Å². The molecule has 1 amide bonds. The lowest BCUT2D eigenvalue weighted by atomic mass is 10.1. The Morgan fingerprint density at radius 3 is 2.64 bits per heavy atom. The van der Waals surface area contributed by atoms with Crippen LogP contribution in [0, 0.1) is 6.92 Å². The molecule has 0 aliphatic carbocycles. The number of furan rings is 1. The molecule has 8 heteroatoms. The normalized spacial score (nSPS) is 11.8. The van der Waals surface area contributed by atoms with Gasteiger partial charge in [-0.3, -0.25) is 4.79 Å². The minimum Gasteiger partial charge on any atom is -0.455 e. The summed E-state index contributed by atoms with van der Waals surface area (Å²) < 4.78 is 43.9. The van der Waals surface area contributed by atoms with E-state index in [9.17, 15) is 18.0 Å². The van der Waals surface area contributed by atoms with E-state index < -0.39 is 17.6 Å². The number of halogens is 4. The van der Waals surface area contributed by atoms with Crippen molar-refractivity contribution in [1.82, 2.24) is 5.43 Å². The maximum absolute atomic E-state index is 12.8. The van der Waals surface area contributed by atoms with Crippen molar-refractivity contribution in [2.24, 2.45) is 5.10 Å². The zero-order chi connectivity index (χ0) is 20.3. The van der Waals surface area contributed by atoms with Gasteiger partial charge >= 0.3 is 6.18 Å². The summed E-state index contributed by atoms with van der Waals surface area (Å²) in [5.41, 5.74) is 3.05. The Hall–Kier alpha value is -3.06. The number of aryl methyl sites for hydroxylation is 1.